The maximum absolute atomic E-state index is 12.3. The topological polar surface area (TPSA) is 58.6 Å². The van der Waals surface area contributed by atoms with E-state index in [9.17, 15) is 9.90 Å². The number of hydrogen-bond acceptors (Lipinski definition) is 3. The highest BCUT2D eigenvalue weighted by Crippen LogP contribution is 2.44. The average molecular weight is 334 g/mol. The standard InChI is InChI=1S/C15H12BrNO3/c1-20-13-5-3-2-4-10(13)15(19)11-8-9(16)6-7-12(11)17-14(15)18/h2-8,19H,1H3,(H,17,18)/t15-/m0/s1. The van der Waals surface area contributed by atoms with Gasteiger partial charge in [-0.05, 0) is 24.3 Å². The Morgan fingerprint density at radius 3 is 2.70 bits per heavy atom. The molecule has 0 saturated heterocycles. The molecule has 1 atom stereocenters. The quantitative estimate of drug-likeness (QED) is 0.888. The van der Waals surface area contributed by atoms with Crippen LogP contribution in [0, 0.1) is 0 Å². The van der Waals surface area contributed by atoms with E-state index in [1.54, 1.807) is 36.4 Å². The van der Waals surface area contributed by atoms with Gasteiger partial charge in [0, 0.05) is 21.3 Å². The number of nitrogens with one attached hydrogen (secondary N) is 1. The van der Waals surface area contributed by atoms with Gasteiger partial charge in [-0.1, -0.05) is 34.1 Å². The van der Waals surface area contributed by atoms with Gasteiger partial charge in [-0.3, -0.25) is 4.79 Å². The number of aliphatic hydroxyl groups is 1. The number of fused-ring (bicyclic) bond motifs is 1. The maximum Gasteiger partial charge on any atom is 0.266 e. The summed E-state index contributed by atoms with van der Waals surface area (Å²) in [5, 5.41) is 13.7. The lowest BCUT2D eigenvalue weighted by Crippen LogP contribution is -2.35. The normalized spacial score (nSPS) is 20.4. The molecule has 1 aliphatic rings. The highest BCUT2D eigenvalue weighted by Gasteiger charge is 2.48. The van der Waals surface area contributed by atoms with Crippen LogP contribution in [0.15, 0.2) is 46.9 Å². The van der Waals surface area contributed by atoms with E-state index in [-0.39, 0.29) is 0 Å². The molecule has 2 aromatic rings. The van der Waals surface area contributed by atoms with E-state index in [0.717, 1.165) is 4.47 Å². The number of carbonyl (C=O) groups is 1. The number of carbonyl (C=O) groups excluding carboxylic acids is 1. The second-order valence-electron chi connectivity index (χ2n) is 4.55. The number of para-hydroxylation sites is 1. The predicted molar refractivity (Wildman–Crippen MR) is 78.8 cm³/mol. The molecule has 4 nitrogen and oxygen atoms in total. The van der Waals surface area contributed by atoms with Crippen LogP contribution in [-0.2, 0) is 10.4 Å². The minimum atomic E-state index is -1.74. The largest absolute Gasteiger partial charge is 0.496 e. The molecule has 0 fully saturated rings. The monoisotopic (exact) mass is 333 g/mol. The molecule has 3 rings (SSSR count). The Bertz CT molecular complexity index is 701. The summed E-state index contributed by atoms with van der Waals surface area (Å²) in [5.41, 5.74) is -0.198. The van der Waals surface area contributed by atoms with E-state index in [1.165, 1.54) is 7.11 Å². The van der Waals surface area contributed by atoms with Gasteiger partial charge in [0.2, 0.25) is 0 Å². The van der Waals surface area contributed by atoms with Crippen LogP contribution in [0.2, 0.25) is 0 Å². The number of anilines is 1. The number of amides is 1. The second-order valence-corrected chi connectivity index (χ2v) is 5.47. The molecule has 0 unspecified atom stereocenters. The first kappa shape index (κ1) is 13.1. The third-order valence-corrected chi connectivity index (χ3v) is 3.94. The molecule has 102 valence electrons. The van der Waals surface area contributed by atoms with Crippen molar-refractivity contribution in [3.05, 3.63) is 58.1 Å². The van der Waals surface area contributed by atoms with Crippen LogP contribution in [-0.4, -0.2) is 18.1 Å². The number of benzene rings is 2. The zero-order valence-electron chi connectivity index (χ0n) is 10.7. The van der Waals surface area contributed by atoms with Crippen molar-refractivity contribution in [1.29, 1.82) is 0 Å². The van der Waals surface area contributed by atoms with Crippen molar-refractivity contribution in [3.8, 4) is 5.75 Å². The van der Waals surface area contributed by atoms with Gasteiger partial charge in [0.15, 0.2) is 5.60 Å². The van der Waals surface area contributed by atoms with Crippen LogP contribution < -0.4 is 10.1 Å². The van der Waals surface area contributed by atoms with Gasteiger partial charge in [0.1, 0.15) is 5.75 Å². The van der Waals surface area contributed by atoms with E-state index >= 15 is 0 Å². The molecular formula is C15H12BrNO3. The number of methoxy groups -OCH3 is 1. The summed E-state index contributed by atoms with van der Waals surface area (Å²) in [6, 6.07) is 12.3. The minimum absolute atomic E-state index is 0.428. The molecular weight excluding hydrogens is 322 g/mol. The van der Waals surface area contributed by atoms with Crippen molar-refractivity contribution in [2.24, 2.45) is 0 Å². The van der Waals surface area contributed by atoms with E-state index in [1.807, 2.05) is 6.07 Å². The summed E-state index contributed by atoms with van der Waals surface area (Å²) < 4.78 is 6.06. The van der Waals surface area contributed by atoms with Gasteiger partial charge in [-0.2, -0.15) is 0 Å². The van der Waals surface area contributed by atoms with Crippen molar-refractivity contribution in [3.63, 3.8) is 0 Å². The van der Waals surface area contributed by atoms with Crippen LogP contribution in [0.25, 0.3) is 0 Å². The summed E-state index contributed by atoms with van der Waals surface area (Å²) >= 11 is 3.36. The fourth-order valence-electron chi connectivity index (χ4n) is 2.47. The molecule has 1 amide bonds. The molecule has 0 radical (unpaired) electrons. The number of hydrogen-bond donors (Lipinski definition) is 2. The molecule has 0 aliphatic carbocycles. The number of halogens is 1. The van der Waals surface area contributed by atoms with Gasteiger partial charge in [0.25, 0.3) is 5.91 Å². The van der Waals surface area contributed by atoms with Crippen molar-refractivity contribution in [2.75, 3.05) is 12.4 Å². The third-order valence-electron chi connectivity index (χ3n) is 3.44. The van der Waals surface area contributed by atoms with Gasteiger partial charge >= 0.3 is 0 Å². The van der Waals surface area contributed by atoms with Crippen LogP contribution in [0.4, 0.5) is 5.69 Å². The summed E-state index contributed by atoms with van der Waals surface area (Å²) in [6.45, 7) is 0. The van der Waals surface area contributed by atoms with E-state index in [0.29, 0.717) is 22.6 Å². The predicted octanol–water partition coefficient (Wildman–Crippen LogP) is 2.65. The summed E-state index contributed by atoms with van der Waals surface area (Å²) in [6.07, 6.45) is 0. The highest BCUT2D eigenvalue weighted by molar-refractivity contribution is 9.10. The molecule has 0 saturated carbocycles. The fourth-order valence-corrected chi connectivity index (χ4v) is 2.83. The second kappa shape index (κ2) is 4.61. The molecule has 1 aliphatic heterocycles. The van der Waals surface area contributed by atoms with Crippen LogP contribution >= 0.6 is 15.9 Å². The summed E-state index contributed by atoms with van der Waals surface area (Å²) in [5.74, 6) is -0.00641. The fraction of sp³-hybridized carbons (Fsp3) is 0.133. The van der Waals surface area contributed by atoms with Crippen LogP contribution in [0.1, 0.15) is 11.1 Å². The lowest BCUT2D eigenvalue weighted by atomic mass is 9.87. The molecule has 2 aromatic carbocycles. The lowest BCUT2D eigenvalue weighted by molar-refractivity contribution is -0.129. The van der Waals surface area contributed by atoms with Gasteiger partial charge in [0.05, 0.1) is 7.11 Å². The van der Waals surface area contributed by atoms with Gasteiger partial charge in [-0.25, -0.2) is 0 Å². The van der Waals surface area contributed by atoms with E-state index in [4.69, 9.17) is 4.74 Å². The van der Waals surface area contributed by atoms with Crippen molar-refractivity contribution < 1.29 is 14.6 Å². The zero-order valence-corrected chi connectivity index (χ0v) is 12.3. The molecule has 2 N–H and O–H groups in total. The average Bonchev–Trinajstić information content (AvgIpc) is 2.72. The first-order chi connectivity index (χ1) is 9.57. The smallest absolute Gasteiger partial charge is 0.266 e. The Balaban J connectivity index is 2.27. The first-order valence-corrected chi connectivity index (χ1v) is 6.84. The first-order valence-electron chi connectivity index (χ1n) is 6.04. The Morgan fingerprint density at radius 1 is 1.20 bits per heavy atom. The Hall–Kier alpha value is -1.85. The molecule has 5 heteroatoms. The van der Waals surface area contributed by atoms with Gasteiger partial charge in [-0.15, -0.1) is 0 Å². The highest BCUT2D eigenvalue weighted by atomic mass is 79.9. The minimum Gasteiger partial charge on any atom is -0.496 e. The Labute approximate surface area is 124 Å². The van der Waals surface area contributed by atoms with E-state index < -0.39 is 11.5 Å². The van der Waals surface area contributed by atoms with Crippen molar-refractivity contribution in [1.82, 2.24) is 0 Å². The number of ether oxygens (including phenoxy) is 1. The van der Waals surface area contributed by atoms with Crippen molar-refractivity contribution in [2.45, 2.75) is 5.60 Å². The molecule has 0 bridgehead atoms. The summed E-state index contributed by atoms with van der Waals surface area (Å²) in [7, 11) is 1.51. The Kier molecular flexibility index (Phi) is 3.03. The lowest BCUT2D eigenvalue weighted by Gasteiger charge is -2.23. The van der Waals surface area contributed by atoms with Crippen molar-refractivity contribution >= 4 is 27.5 Å². The zero-order chi connectivity index (χ0) is 14.3. The summed E-state index contributed by atoms with van der Waals surface area (Å²) in [4.78, 5) is 12.3. The third kappa shape index (κ3) is 1.74. The molecule has 0 aromatic heterocycles. The number of rotatable bonds is 2. The molecule has 0 spiro atoms. The molecule has 20 heavy (non-hydrogen) atoms. The Morgan fingerprint density at radius 2 is 1.95 bits per heavy atom. The van der Waals surface area contributed by atoms with Crippen LogP contribution in [0.5, 0.6) is 5.75 Å². The SMILES string of the molecule is COc1ccccc1[C@@]1(O)C(=O)Nc2ccc(Br)cc21. The van der Waals surface area contributed by atoms with Crippen LogP contribution in [0.3, 0.4) is 0 Å². The van der Waals surface area contributed by atoms with Gasteiger partial charge < -0.3 is 15.2 Å². The van der Waals surface area contributed by atoms with E-state index in [2.05, 4.69) is 21.2 Å². The maximum atomic E-state index is 12.3. The molecule has 1 heterocycles.